The van der Waals surface area contributed by atoms with Gasteiger partial charge in [-0.25, -0.2) is 4.79 Å². The predicted octanol–water partition coefficient (Wildman–Crippen LogP) is 7.03. The summed E-state index contributed by atoms with van der Waals surface area (Å²) in [6.07, 6.45) is 1.20. The highest BCUT2D eigenvalue weighted by atomic mass is 79.9. The van der Waals surface area contributed by atoms with Gasteiger partial charge in [-0.1, -0.05) is 64.6 Å². The Hall–Kier alpha value is -4.26. The third-order valence-corrected chi connectivity index (χ3v) is 7.85. The highest BCUT2D eigenvalue weighted by Crippen LogP contribution is 2.38. The van der Waals surface area contributed by atoms with Gasteiger partial charge in [-0.05, 0) is 82.6 Å². The van der Waals surface area contributed by atoms with Crippen molar-refractivity contribution in [3.63, 3.8) is 0 Å². The van der Waals surface area contributed by atoms with Crippen molar-refractivity contribution in [1.29, 1.82) is 0 Å². The fourth-order valence-corrected chi connectivity index (χ4v) is 5.84. The van der Waals surface area contributed by atoms with Gasteiger partial charge in [-0.15, -0.1) is 5.10 Å². The number of anilines is 2. The number of carbonyl (C=O) groups excluding carboxylic acids is 2. The number of rotatable bonds is 7. The molecule has 0 atom stereocenters. The Morgan fingerprint density at radius 1 is 1.05 bits per heavy atom. The van der Waals surface area contributed by atoms with Crippen LogP contribution in [0.25, 0.3) is 11.1 Å². The van der Waals surface area contributed by atoms with Crippen molar-refractivity contribution in [2.75, 3.05) is 10.2 Å². The van der Waals surface area contributed by atoms with Crippen LogP contribution in [0, 0.1) is 0 Å². The van der Waals surface area contributed by atoms with Crippen molar-refractivity contribution in [2.24, 2.45) is 5.73 Å². The van der Waals surface area contributed by atoms with E-state index in [1.54, 1.807) is 24.3 Å². The van der Waals surface area contributed by atoms with E-state index in [0.29, 0.717) is 17.2 Å². The van der Waals surface area contributed by atoms with Gasteiger partial charge in [0.1, 0.15) is 0 Å². The molecule has 0 saturated heterocycles. The zero-order chi connectivity index (χ0) is 29.9. The molecule has 0 aliphatic heterocycles. The predicted molar refractivity (Wildman–Crippen MR) is 155 cm³/mol. The van der Waals surface area contributed by atoms with E-state index in [2.05, 4.69) is 41.9 Å². The van der Waals surface area contributed by atoms with Crippen molar-refractivity contribution >= 4 is 39.5 Å². The Kier molecular flexibility index (Phi) is 8.57. The topological polar surface area (TPSA) is 130 Å². The van der Waals surface area contributed by atoms with Gasteiger partial charge in [0, 0.05) is 15.7 Å². The number of aromatic amines is 1. The molecule has 3 aromatic carbocycles. The smallest absolute Gasteiger partial charge is 0.351 e. The number of hydrogen-bond acceptors (Lipinski definition) is 5. The number of benzene rings is 3. The van der Waals surface area contributed by atoms with Crippen molar-refractivity contribution in [2.45, 2.75) is 50.7 Å². The van der Waals surface area contributed by atoms with Gasteiger partial charge in [0.05, 0.1) is 12.1 Å². The number of alkyl halides is 3. The zero-order valence-electron chi connectivity index (χ0n) is 22.3. The highest BCUT2D eigenvalue weighted by molar-refractivity contribution is 9.10. The fourth-order valence-electron chi connectivity index (χ4n) is 5.35. The van der Waals surface area contributed by atoms with Gasteiger partial charge < -0.3 is 5.73 Å². The number of halogens is 4. The van der Waals surface area contributed by atoms with E-state index >= 15 is 0 Å². The Morgan fingerprint density at radius 3 is 2.43 bits per heavy atom. The summed E-state index contributed by atoms with van der Waals surface area (Å²) in [5.74, 6) is -0.282. The third kappa shape index (κ3) is 6.62. The minimum Gasteiger partial charge on any atom is -0.351 e. The van der Waals surface area contributed by atoms with E-state index in [9.17, 15) is 22.8 Å². The molecule has 1 saturated carbocycles. The summed E-state index contributed by atoms with van der Waals surface area (Å²) in [7, 11) is 0. The van der Waals surface area contributed by atoms with Crippen molar-refractivity contribution in [3.05, 3.63) is 87.4 Å². The maximum atomic E-state index is 13.7. The molecule has 1 fully saturated rings. The number of aromatic nitrogens is 4. The molecule has 0 spiro atoms. The molecule has 1 heterocycles. The van der Waals surface area contributed by atoms with Gasteiger partial charge in [-0.3, -0.25) is 15.0 Å². The number of amides is 3. The van der Waals surface area contributed by atoms with Crippen LogP contribution >= 0.6 is 15.9 Å². The molecule has 4 N–H and O–H groups in total. The van der Waals surface area contributed by atoms with Gasteiger partial charge in [0.15, 0.2) is 0 Å². The van der Waals surface area contributed by atoms with Gasteiger partial charge in [-0.2, -0.15) is 18.4 Å². The van der Waals surface area contributed by atoms with Gasteiger partial charge >= 0.3 is 12.2 Å². The van der Waals surface area contributed by atoms with Crippen molar-refractivity contribution in [1.82, 2.24) is 20.6 Å². The molecule has 13 heteroatoms. The lowest BCUT2D eigenvalue weighted by atomic mass is 9.84. The summed E-state index contributed by atoms with van der Waals surface area (Å²) in [4.78, 5) is 27.4. The van der Waals surface area contributed by atoms with Crippen molar-refractivity contribution < 1.29 is 22.8 Å². The molecule has 0 radical (unpaired) electrons. The number of carbonyl (C=O) groups is 2. The number of nitrogens with one attached hydrogen (secondary N) is 2. The number of primary amides is 1. The lowest BCUT2D eigenvalue weighted by Gasteiger charge is -2.26. The van der Waals surface area contributed by atoms with Crippen LogP contribution in [0.3, 0.4) is 0 Å². The molecule has 5 rings (SSSR count). The normalized spacial score (nSPS) is 14.0. The second-order valence-electron chi connectivity index (χ2n) is 10.1. The van der Waals surface area contributed by atoms with E-state index in [-0.39, 0.29) is 33.7 Å². The lowest BCUT2D eigenvalue weighted by Crippen LogP contribution is -2.36. The highest BCUT2D eigenvalue weighted by Gasteiger charge is 2.32. The molecule has 42 heavy (non-hydrogen) atoms. The van der Waals surface area contributed by atoms with E-state index in [1.807, 2.05) is 12.1 Å². The number of H-pyrrole nitrogens is 1. The average molecular weight is 642 g/mol. The first kappa shape index (κ1) is 29.2. The molecule has 4 aromatic rings. The van der Waals surface area contributed by atoms with Crippen molar-refractivity contribution in [3.8, 4) is 11.1 Å². The van der Waals surface area contributed by atoms with E-state index < -0.39 is 23.7 Å². The summed E-state index contributed by atoms with van der Waals surface area (Å²) in [6.45, 7) is -0.197. The first-order chi connectivity index (χ1) is 20.1. The summed E-state index contributed by atoms with van der Waals surface area (Å²) in [5, 5.41) is 15.6. The average Bonchev–Trinajstić information content (AvgIpc) is 3.48. The van der Waals surface area contributed by atoms with Crippen LogP contribution in [0.2, 0.25) is 0 Å². The first-order valence-corrected chi connectivity index (χ1v) is 14.1. The minimum atomic E-state index is -4.61. The molecule has 1 aliphatic carbocycles. The molecule has 218 valence electrons. The molecular formula is C29H27BrF3N7O2. The monoisotopic (exact) mass is 641 g/mol. The molecule has 3 amide bonds. The van der Waals surface area contributed by atoms with E-state index in [4.69, 9.17) is 5.73 Å². The zero-order valence-corrected chi connectivity index (χ0v) is 23.9. The minimum absolute atomic E-state index is 0.0934. The summed E-state index contributed by atoms with van der Waals surface area (Å²) >= 11 is 3.17. The Labute approximate surface area is 247 Å². The lowest BCUT2D eigenvalue weighted by molar-refractivity contribution is -0.137. The van der Waals surface area contributed by atoms with Crippen LogP contribution in [0.15, 0.2) is 65.1 Å². The number of hydrogen-bond donors (Lipinski definition) is 3. The largest absolute Gasteiger partial charge is 0.416 e. The van der Waals surface area contributed by atoms with Crippen LogP contribution in [0.5, 0.6) is 0 Å². The number of urea groups is 1. The summed E-state index contributed by atoms with van der Waals surface area (Å²) in [6, 6.07) is 14.9. The van der Waals surface area contributed by atoms with Gasteiger partial charge in [0.25, 0.3) is 11.9 Å². The number of tetrazole rings is 1. The fraction of sp³-hybridized carbons (Fsp3) is 0.276. The van der Waals surface area contributed by atoms with Crippen LogP contribution in [0.4, 0.5) is 29.6 Å². The molecule has 9 nitrogen and oxygen atoms in total. The maximum Gasteiger partial charge on any atom is 0.416 e. The second kappa shape index (κ2) is 12.3. The standard InChI is InChI=1S/C29H27BrF3N7O2/c30-21-14-19(13-20(15-21)29(31,32)33)23-7-4-8-24(26(41)35-28-36-38-39-37-28)25(23)16-40(27(34)42)22-11-9-18(10-12-22)17-5-2-1-3-6-17/h4,7-15,17H,1-3,5-6,16H2,(H2,34,42)(H2,35,36,37,38,39,41). The Balaban J connectivity index is 1.58. The maximum absolute atomic E-state index is 13.7. The molecule has 0 bridgehead atoms. The van der Waals surface area contributed by atoms with Crippen LogP contribution in [0.1, 0.15) is 65.1 Å². The van der Waals surface area contributed by atoms with Crippen LogP contribution in [-0.4, -0.2) is 32.6 Å². The second-order valence-corrected chi connectivity index (χ2v) is 11.0. The quantitative estimate of drug-likeness (QED) is 0.199. The molecular weight excluding hydrogens is 615 g/mol. The number of nitrogens with zero attached hydrogens (tertiary/aromatic N) is 4. The summed E-state index contributed by atoms with van der Waals surface area (Å²) in [5.41, 5.74) is 7.50. The molecule has 1 aliphatic rings. The Bertz CT molecular complexity index is 1570. The van der Waals surface area contributed by atoms with E-state index in [1.165, 1.54) is 41.9 Å². The number of nitrogens with two attached hydrogens (primary N) is 1. The Morgan fingerprint density at radius 2 is 1.79 bits per heavy atom. The molecule has 0 unspecified atom stereocenters. The van der Waals surface area contributed by atoms with E-state index in [0.717, 1.165) is 25.0 Å². The molecule has 1 aromatic heterocycles. The SMILES string of the molecule is NC(=O)N(Cc1c(C(=O)Nc2nn[nH]n2)cccc1-c1cc(Br)cc(C(F)(F)F)c1)c1ccc(C2CCCCC2)cc1. The first-order valence-electron chi connectivity index (χ1n) is 13.3. The van der Waals surface area contributed by atoms with Gasteiger partial charge in [0.2, 0.25) is 0 Å². The summed E-state index contributed by atoms with van der Waals surface area (Å²) < 4.78 is 41.3. The third-order valence-electron chi connectivity index (χ3n) is 7.39. The van der Waals surface area contributed by atoms with Crippen LogP contribution in [-0.2, 0) is 12.7 Å². The van der Waals surface area contributed by atoms with Crippen LogP contribution < -0.4 is 16.0 Å².